The highest BCUT2D eigenvalue weighted by atomic mass is 32.2. The maximum Gasteiger partial charge on any atom is 0.264 e. The van der Waals surface area contributed by atoms with Crippen LogP contribution in [0.15, 0.2) is 41.6 Å². The van der Waals surface area contributed by atoms with E-state index in [0.717, 1.165) is 6.26 Å². The number of sulfone groups is 1. The Morgan fingerprint density at radius 1 is 1.24 bits per heavy atom. The monoisotopic (exact) mass is 496 g/mol. The third kappa shape index (κ3) is 5.26. The molecule has 0 saturated carbocycles. The first-order valence-electron chi connectivity index (χ1n) is 10.5. The molecule has 3 N–H and O–H groups in total. The lowest BCUT2D eigenvalue weighted by Crippen LogP contribution is -2.51. The summed E-state index contributed by atoms with van der Waals surface area (Å²) in [4.78, 5) is 17.3. The number of hydroxylamine groups is 1. The summed E-state index contributed by atoms with van der Waals surface area (Å²) in [6.45, 7) is 2.73. The van der Waals surface area contributed by atoms with Gasteiger partial charge in [0.25, 0.3) is 5.91 Å². The van der Waals surface area contributed by atoms with Crippen LogP contribution >= 0.6 is 0 Å². The third-order valence-corrected chi connectivity index (χ3v) is 7.88. The number of carbonyl (C=O) groups is 1. The quantitative estimate of drug-likeness (QED) is 0.381. The second-order valence-corrected chi connectivity index (χ2v) is 11.1. The smallest absolute Gasteiger partial charge is 0.264 e. The molecule has 0 saturated heterocycles. The van der Waals surface area contributed by atoms with Crippen LogP contribution in [0.25, 0.3) is 11.1 Å². The molecular formula is C23H26F2N2O6S. The lowest BCUT2D eigenvalue weighted by molar-refractivity contribution is -0.132. The maximum atomic E-state index is 14.6. The first-order chi connectivity index (χ1) is 15.9. The fourth-order valence-electron chi connectivity index (χ4n) is 3.86. The average Bonchev–Trinajstić information content (AvgIpc) is 3.20. The molecule has 3 rings (SSSR count). The van der Waals surface area contributed by atoms with E-state index < -0.39 is 44.3 Å². The van der Waals surface area contributed by atoms with Gasteiger partial charge in [0.05, 0.1) is 17.4 Å². The molecule has 2 aromatic rings. The van der Waals surface area contributed by atoms with Crippen LogP contribution in [0.1, 0.15) is 37.8 Å². The molecular weight excluding hydrogens is 470 g/mol. The molecule has 1 amide bonds. The lowest BCUT2D eigenvalue weighted by Gasteiger charge is -2.26. The Labute approximate surface area is 196 Å². The molecule has 1 heterocycles. The Kier molecular flexibility index (Phi) is 7.39. The largest absolute Gasteiger partial charge is 0.393 e. The number of rotatable bonds is 8. The number of halogens is 2. The maximum absolute atomic E-state index is 14.6. The van der Waals surface area contributed by atoms with Gasteiger partial charge in [0.15, 0.2) is 14.6 Å². The fourth-order valence-corrected chi connectivity index (χ4v) is 4.73. The minimum absolute atomic E-state index is 0.131. The van der Waals surface area contributed by atoms with Crippen molar-refractivity contribution in [3.63, 3.8) is 0 Å². The van der Waals surface area contributed by atoms with Crippen molar-refractivity contribution in [3.05, 3.63) is 59.2 Å². The third-order valence-electron chi connectivity index (χ3n) is 5.89. The zero-order chi connectivity index (χ0) is 25.3. The highest BCUT2D eigenvalue weighted by Crippen LogP contribution is 2.31. The zero-order valence-electron chi connectivity index (χ0n) is 18.9. The summed E-state index contributed by atoms with van der Waals surface area (Å²) in [6, 6.07) is 8.67. The number of hydrogen-bond donors (Lipinski definition) is 3. The number of benzene rings is 2. The predicted molar refractivity (Wildman–Crippen MR) is 121 cm³/mol. The average molecular weight is 497 g/mol. The molecule has 184 valence electrons. The summed E-state index contributed by atoms with van der Waals surface area (Å²) in [5.41, 5.74) is 2.93. The van der Waals surface area contributed by atoms with Crippen molar-refractivity contribution in [1.82, 2.24) is 5.48 Å². The standard InChI is InChI=1S/C23H26F2N2O6S/c1-13(28)8-14-9-18(24)21(19(25)10-14)16-6-4-15(5-7-16)20-11-17(33-27-20)12-23(2,22(29)26-30)34(3,31)32/h4-7,9-10,13,17,28,30H,8,11-12H2,1-3H3,(H,26,29). The van der Waals surface area contributed by atoms with E-state index in [2.05, 4.69) is 5.16 Å². The first-order valence-corrected chi connectivity index (χ1v) is 12.4. The molecule has 2 aromatic carbocycles. The van der Waals surface area contributed by atoms with Crippen molar-refractivity contribution in [2.45, 2.75) is 50.1 Å². The van der Waals surface area contributed by atoms with E-state index in [1.165, 1.54) is 43.6 Å². The van der Waals surface area contributed by atoms with Gasteiger partial charge < -0.3 is 9.94 Å². The van der Waals surface area contributed by atoms with Gasteiger partial charge in [-0.25, -0.2) is 22.7 Å². The number of amides is 1. The minimum atomic E-state index is -3.89. The molecule has 8 nitrogen and oxygen atoms in total. The van der Waals surface area contributed by atoms with Crippen molar-refractivity contribution < 1.29 is 37.1 Å². The van der Waals surface area contributed by atoms with Crippen LogP contribution in [-0.4, -0.2) is 53.6 Å². The van der Waals surface area contributed by atoms with Gasteiger partial charge in [-0.2, -0.15) is 0 Å². The second kappa shape index (κ2) is 9.77. The Hall–Kier alpha value is -2.89. The van der Waals surface area contributed by atoms with Crippen LogP contribution in [-0.2, 0) is 25.9 Å². The van der Waals surface area contributed by atoms with Crippen molar-refractivity contribution in [2.24, 2.45) is 5.16 Å². The Morgan fingerprint density at radius 3 is 2.29 bits per heavy atom. The first kappa shape index (κ1) is 25.7. The Bertz CT molecular complexity index is 1190. The molecule has 0 radical (unpaired) electrons. The highest BCUT2D eigenvalue weighted by molar-refractivity contribution is 7.92. The van der Waals surface area contributed by atoms with E-state index in [1.54, 1.807) is 12.1 Å². The number of aliphatic hydroxyl groups is 1. The van der Waals surface area contributed by atoms with E-state index in [4.69, 9.17) is 10.0 Å². The van der Waals surface area contributed by atoms with Crippen LogP contribution in [0.4, 0.5) is 8.78 Å². The summed E-state index contributed by atoms with van der Waals surface area (Å²) in [6.07, 6.45) is -0.476. The molecule has 1 aliphatic rings. The molecule has 0 aromatic heterocycles. The van der Waals surface area contributed by atoms with Gasteiger partial charge in [-0.15, -0.1) is 0 Å². The molecule has 34 heavy (non-hydrogen) atoms. The molecule has 0 aliphatic carbocycles. The van der Waals surface area contributed by atoms with E-state index in [-0.39, 0.29) is 24.8 Å². The fraction of sp³-hybridized carbons (Fsp3) is 0.391. The second-order valence-electron chi connectivity index (χ2n) is 8.68. The molecule has 3 atom stereocenters. The zero-order valence-corrected chi connectivity index (χ0v) is 19.7. The Morgan fingerprint density at radius 2 is 1.79 bits per heavy atom. The van der Waals surface area contributed by atoms with Gasteiger partial charge in [0.2, 0.25) is 0 Å². The number of aliphatic hydroxyl groups excluding tert-OH is 1. The van der Waals surface area contributed by atoms with Crippen LogP contribution in [0.3, 0.4) is 0 Å². The molecule has 3 unspecified atom stereocenters. The number of hydrogen-bond acceptors (Lipinski definition) is 7. The van der Waals surface area contributed by atoms with Crippen molar-refractivity contribution in [1.29, 1.82) is 0 Å². The van der Waals surface area contributed by atoms with Crippen molar-refractivity contribution in [3.8, 4) is 11.1 Å². The van der Waals surface area contributed by atoms with Crippen LogP contribution < -0.4 is 5.48 Å². The van der Waals surface area contributed by atoms with Gasteiger partial charge in [-0.1, -0.05) is 29.4 Å². The summed E-state index contributed by atoms with van der Waals surface area (Å²) >= 11 is 0. The van der Waals surface area contributed by atoms with Crippen molar-refractivity contribution in [2.75, 3.05) is 6.26 Å². The van der Waals surface area contributed by atoms with Crippen molar-refractivity contribution >= 4 is 21.5 Å². The van der Waals surface area contributed by atoms with E-state index in [9.17, 15) is 27.1 Å². The van der Waals surface area contributed by atoms with E-state index in [0.29, 0.717) is 22.4 Å². The van der Waals surface area contributed by atoms with Gasteiger partial charge >= 0.3 is 0 Å². The summed E-state index contributed by atoms with van der Waals surface area (Å²) in [5, 5.41) is 22.4. The van der Waals surface area contributed by atoms with Gasteiger partial charge in [-0.05, 0) is 49.1 Å². The van der Waals surface area contributed by atoms with E-state index in [1.807, 2.05) is 0 Å². The summed E-state index contributed by atoms with van der Waals surface area (Å²) < 4.78 is 51.6. The van der Waals surface area contributed by atoms with Crippen LogP contribution in [0.5, 0.6) is 0 Å². The molecule has 11 heteroatoms. The normalized spacial score (nSPS) is 18.6. The summed E-state index contributed by atoms with van der Waals surface area (Å²) in [5.74, 6) is -2.56. The molecule has 1 aliphatic heterocycles. The van der Waals surface area contributed by atoms with Gasteiger partial charge in [0, 0.05) is 19.1 Å². The Balaban J connectivity index is 1.76. The van der Waals surface area contributed by atoms with Crippen LogP contribution in [0.2, 0.25) is 0 Å². The topological polar surface area (TPSA) is 125 Å². The van der Waals surface area contributed by atoms with Gasteiger partial charge in [-0.3, -0.25) is 10.0 Å². The molecule has 0 spiro atoms. The number of nitrogens with one attached hydrogen (secondary N) is 1. The SMILES string of the molecule is CC(O)Cc1cc(F)c(-c2ccc(C3=NOC(CC(C)(C(=O)NO)S(C)(=O)=O)C3)cc2)c(F)c1. The number of nitrogens with zero attached hydrogens (tertiary/aromatic N) is 1. The molecule has 0 fully saturated rings. The summed E-state index contributed by atoms with van der Waals surface area (Å²) in [7, 11) is -3.89. The predicted octanol–water partition coefficient (Wildman–Crippen LogP) is 2.75. The number of carbonyl (C=O) groups excluding carboxylic acids is 1. The van der Waals surface area contributed by atoms with Gasteiger partial charge in [0.1, 0.15) is 17.7 Å². The number of oxime groups is 1. The highest BCUT2D eigenvalue weighted by Gasteiger charge is 2.47. The van der Waals surface area contributed by atoms with Crippen LogP contribution in [0, 0.1) is 11.6 Å². The minimum Gasteiger partial charge on any atom is -0.393 e. The lowest BCUT2D eigenvalue weighted by atomic mass is 9.95. The van der Waals surface area contributed by atoms with E-state index >= 15 is 0 Å². The molecule has 0 bridgehead atoms.